The van der Waals surface area contributed by atoms with Gasteiger partial charge in [0.05, 0.1) is 0 Å². The third-order valence-electron chi connectivity index (χ3n) is 6.60. The van der Waals surface area contributed by atoms with Gasteiger partial charge in [-0.3, -0.25) is 0 Å². The molecule has 1 spiro atoms. The molecule has 0 aliphatic carbocycles. The molecule has 0 saturated carbocycles. The zero-order chi connectivity index (χ0) is 18.4. The van der Waals surface area contributed by atoms with Gasteiger partial charge in [-0.25, -0.2) is 0 Å². The lowest BCUT2D eigenvalue weighted by Crippen LogP contribution is -2.31. The summed E-state index contributed by atoms with van der Waals surface area (Å²) in [5.41, 5.74) is 3.56. The summed E-state index contributed by atoms with van der Waals surface area (Å²) in [5.74, 6) is 0. The van der Waals surface area contributed by atoms with Gasteiger partial charge >= 0.3 is 0 Å². The van der Waals surface area contributed by atoms with Crippen LogP contribution in [-0.4, -0.2) is 49.1 Å². The Labute approximate surface area is 165 Å². The van der Waals surface area contributed by atoms with Crippen molar-refractivity contribution in [3.63, 3.8) is 0 Å². The highest BCUT2D eigenvalue weighted by Gasteiger charge is 2.42. The molecule has 2 aliphatic rings. The van der Waals surface area contributed by atoms with Crippen LogP contribution in [0, 0.1) is 5.41 Å². The molecule has 2 saturated heterocycles. The van der Waals surface area contributed by atoms with Gasteiger partial charge in [-0.05, 0) is 81.2 Å². The number of hydrogen-bond acceptors (Lipinski definition) is 2. The van der Waals surface area contributed by atoms with E-state index in [1.165, 1.54) is 88.9 Å². The lowest BCUT2D eigenvalue weighted by molar-refractivity contribution is 0.238. The number of hydrogen-bond donors (Lipinski definition) is 0. The molecule has 0 N–H and O–H groups in total. The first-order chi connectivity index (χ1) is 13.3. The van der Waals surface area contributed by atoms with Crippen LogP contribution in [0.25, 0.3) is 0 Å². The van der Waals surface area contributed by atoms with E-state index in [9.17, 15) is 0 Å². The van der Waals surface area contributed by atoms with Gasteiger partial charge in [0, 0.05) is 13.1 Å². The monoisotopic (exact) mass is 362 g/mol. The first kappa shape index (κ1) is 18.7. The third kappa shape index (κ3) is 5.21. The van der Waals surface area contributed by atoms with Crippen molar-refractivity contribution < 1.29 is 0 Å². The summed E-state index contributed by atoms with van der Waals surface area (Å²) >= 11 is 0. The molecule has 2 fully saturated rings. The van der Waals surface area contributed by atoms with Crippen molar-refractivity contribution in [2.24, 2.45) is 5.41 Å². The highest BCUT2D eigenvalue weighted by atomic mass is 15.2. The molecule has 0 atom stereocenters. The Kier molecular flexibility index (Phi) is 6.26. The fraction of sp³-hybridized carbons (Fsp3) is 0.520. The number of likely N-dealkylation sites (tertiary alicyclic amines) is 2. The van der Waals surface area contributed by atoms with Crippen molar-refractivity contribution in [1.29, 1.82) is 0 Å². The molecule has 0 bridgehead atoms. The van der Waals surface area contributed by atoms with Crippen LogP contribution < -0.4 is 0 Å². The van der Waals surface area contributed by atoms with Gasteiger partial charge in [0.15, 0.2) is 0 Å². The predicted molar refractivity (Wildman–Crippen MR) is 114 cm³/mol. The predicted octanol–water partition coefficient (Wildman–Crippen LogP) is 4.65. The average molecular weight is 363 g/mol. The normalized spacial score (nSPS) is 19.9. The number of rotatable bonds is 8. The van der Waals surface area contributed by atoms with Crippen LogP contribution in [0.15, 0.2) is 60.7 Å². The summed E-state index contributed by atoms with van der Waals surface area (Å²) in [7, 11) is 0. The molecule has 0 radical (unpaired) electrons. The standard InChI is InChI=1S/C25H34N2/c1-3-9-23(10-4-1)13-7-17-26-19-15-25(21-26)16-20-27(22-25)18-8-14-24-11-5-2-6-12-24/h1-6,9-12H,7-8,13-22H2. The molecule has 0 aromatic heterocycles. The minimum absolute atomic E-state index is 0.597. The van der Waals surface area contributed by atoms with E-state index in [0.29, 0.717) is 5.41 Å². The van der Waals surface area contributed by atoms with E-state index in [-0.39, 0.29) is 0 Å². The maximum atomic E-state index is 2.73. The Morgan fingerprint density at radius 1 is 0.630 bits per heavy atom. The second-order valence-corrected chi connectivity index (χ2v) is 8.73. The van der Waals surface area contributed by atoms with Gasteiger partial charge in [0.25, 0.3) is 0 Å². The molecule has 27 heavy (non-hydrogen) atoms. The van der Waals surface area contributed by atoms with E-state index in [2.05, 4.69) is 70.5 Å². The minimum Gasteiger partial charge on any atom is -0.303 e. The maximum absolute atomic E-state index is 2.73. The Bertz CT molecular complexity index is 620. The Morgan fingerprint density at radius 3 is 1.52 bits per heavy atom. The molecule has 2 heterocycles. The van der Waals surface area contributed by atoms with Crippen LogP contribution in [-0.2, 0) is 12.8 Å². The highest BCUT2D eigenvalue weighted by molar-refractivity contribution is 5.15. The molecule has 2 aromatic carbocycles. The molecular formula is C25H34N2. The fourth-order valence-electron chi connectivity index (χ4n) is 5.07. The van der Waals surface area contributed by atoms with Gasteiger partial charge in [-0.2, -0.15) is 0 Å². The van der Waals surface area contributed by atoms with Crippen LogP contribution in [0.2, 0.25) is 0 Å². The molecule has 2 nitrogen and oxygen atoms in total. The van der Waals surface area contributed by atoms with Crippen LogP contribution in [0.3, 0.4) is 0 Å². The number of nitrogens with zero attached hydrogens (tertiary/aromatic N) is 2. The zero-order valence-electron chi connectivity index (χ0n) is 16.7. The lowest BCUT2D eigenvalue weighted by atomic mass is 9.86. The minimum atomic E-state index is 0.597. The largest absolute Gasteiger partial charge is 0.303 e. The van der Waals surface area contributed by atoms with Crippen molar-refractivity contribution in [2.45, 2.75) is 38.5 Å². The van der Waals surface area contributed by atoms with Gasteiger partial charge in [-0.1, -0.05) is 60.7 Å². The van der Waals surface area contributed by atoms with Crippen molar-refractivity contribution in [3.8, 4) is 0 Å². The van der Waals surface area contributed by atoms with Crippen LogP contribution in [0.4, 0.5) is 0 Å². The van der Waals surface area contributed by atoms with E-state index in [4.69, 9.17) is 0 Å². The van der Waals surface area contributed by atoms with Crippen LogP contribution >= 0.6 is 0 Å². The van der Waals surface area contributed by atoms with E-state index in [1.54, 1.807) is 0 Å². The lowest BCUT2D eigenvalue weighted by Gasteiger charge is -2.25. The Hall–Kier alpha value is -1.64. The molecule has 144 valence electrons. The van der Waals surface area contributed by atoms with Crippen molar-refractivity contribution in [2.75, 3.05) is 39.3 Å². The molecule has 0 unspecified atom stereocenters. The molecular weight excluding hydrogens is 328 g/mol. The topological polar surface area (TPSA) is 6.48 Å². The molecule has 4 rings (SSSR count). The zero-order valence-corrected chi connectivity index (χ0v) is 16.7. The number of benzene rings is 2. The number of aryl methyl sites for hydroxylation is 2. The van der Waals surface area contributed by atoms with E-state index < -0.39 is 0 Å². The summed E-state index contributed by atoms with van der Waals surface area (Å²) in [5, 5.41) is 0. The highest BCUT2D eigenvalue weighted by Crippen LogP contribution is 2.39. The average Bonchev–Trinajstić information content (AvgIpc) is 3.30. The van der Waals surface area contributed by atoms with Crippen LogP contribution in [0.1, 0.15) is 36.8 Å². The van der Waals surface area contributed by atoms with E-state index >= 15 is 0 Å². The van der Waals surface area contributed by atoms with Gasteiger partial charge in [-0.15, -0.1) is 0 Å². The molecule has 2 heteroatoms. The van der Waals surface area contributed by atoms with Gasteiger partial charge < -0.3 is 9.80 Å². The summed E-state index contributed by atoms with van der Waals surface area (Å²) in [4.78, 5) is 5.47. The smallest absolute Gasteiger partial charge is 0.00512 e. The first-order valence-corrected chi connectivity index (χ1v) is 10.8. The molecule has 0 amide bonds. The second kappa shape index (κ2) is 9.03. The summed E-state index contributed by atoms with van der Waals surface area (Å²) in [6, 6.07) is 21.9. The van der Waals surface area contributed by atoms with Gasteiger partial charge in [0.1, 0.15) is 0 Å². The van der Waals surface area contributed by atoms with Crippen molar-refractivity contribution in [3.05, 3.63) is 71.8 Å². The Balaban J connectivity index is 1.16. The summed E-state index contributed by atoms with van der Waals surface area (Å²) in [6.45, 7) is 7.82. The van der Waals surface area contributed by atoms with Crippen molar-refractivity contribution >= 4 is 0 Å². The van der Waals surface area contributed by atoms with E-state index in [1.807, 2.05) is 0 Å². The summed E-state index contributed by atoms with van der Waals surface area (Å²) in [6.07, 6.45) is 7.84. The Morgan fingerprint density at radius 2 is 1.07 bits per heavy atom. The van der Waals surface area contributed by atoms with Crippen molar-refractivity contribution in [1.82, 2.24) is 9.80 Å². The SMILES string of the molecule is c1ccc(CCCN2CCC3(CCN(CCCc4ccccc4)C3)C2)cc1. The summed E-state index contributed by atoms with van der Waals surface area (Å²) < 4.78 is 0. The van der Waals surface area contributed by atoms with Gasteiger partial charge in [0.2, 0.25) is 0 Å². The molecule has 2 aliphatic heterocycles. The third-order valence-corrected chi connectivity index (χ3v) is 6.60. The first-order valence-electron chi connectivity index (χ1n) is 10.8. The fourth-order valence-corrected chi connectivity index (χ4v) is 5.07. The maximum Gasteiger partial charge on any atom is 0.00512 e. The van der Waals surface area contributed by atoms with E-state index in [0.717, 1.165) is 0 Å². The second-order valence-electron chi connectivity index (χ2n) is 8.73. The molecule has 2 aromatic rings. The van der Waals surface area contributed by atoms with Crippen LogP contribution in [0.5, 0.6) is 0 Å². The quantitative estimate of drug-likeness (QED) is 0.674.